The Morgan fingerprint density at radius 1 is 1.29 bits per heavy atom. The molecular formula is C12H25NS. The third-order valence-electron chi connectivity index (χ3n) is 3.09. The van der Waals surface area contributed by atoms with Crippen molar-refractivity contribution in [1.82, 2.24) is 5.32 Å². The minimum Gasteiger partial charge on any atom is -0.314 e. The molecule has 1 fully saturated rings. The molecule has 0 amide bonds. The van der Waals surface area contributed by atoms with Crippen LogP contribution in [0.4, 0.5) is 0 Å². The summed E-state index contributed by atoms with van der Waals surface area (Å²) in [7, 11) is 0. The predicted molar refractivity (Wildman–Crippen MR) is 67.0 cm³/mol. The van der Waals surface area contributed by atoms with Crippen LogP contribution in [-0.2, 0) is 0 Å². The number of hydrogen-bond donors (Lipinski definition) is 1. The first-order chi connectivity index (χ1) is 6.86. The topological polar surface area (TPSA) is 12.0 Å². The fourth-order valence-electron chi connectivity index (χ4n) is 2.32. The van der Waals surface area contributed by atoms with Gasteiger partial charge in [0, 0.05) is 6.04 Å². The second-order valence-corrected chi connectivity index (χ2v) is 5.56. The molecule has 1 aliphatic rings. The van der Waals surface area contributed by atoms with Crippen LogP contribution in [0.1, 0.15) is 46.0 Å². The lowest BCUT2D eigenvalue weighted by Gasteiger charge is -2.26. The summed E-state index contributed by atoms with van der Waals surface area (Å²) in [6.07, 6.45) is 7.01. The fraction of sp³-hybridized carbons (Fsp3) is 1.00. The lowest BCUT2D eigenvalue weighted by molar-refractivity contribution is 0.353. The van der Waals surface area contributed by atoms with Gasteiger partial charge >= 0.3 is 0 Å². The molecule has 0 spiro atoms. The van der Waals surface area contributed by atoms with E-state index in [1.807, 2.05) is 0 Å². The summed E-state index contributed by atoms with van der Waals surface area (Å²) in [6, 6.07) is 0.790. The van der Waals surface area contributed by atoms with Crippen LogP contribution in [0.5, 0.6) is 0 Å². The van der Waals surface area contributed by atoms with Gasteiger partial charge in [0.1, 0.15) is 0 Å². The summed E-state index contributed by atoms with van der Waals surface area (Å²) in [5, 5.41) is 3.62. The highest BCUT2D eigenvalue weighted by Crippen LogP contribution is 2.27. The van der Waals surface area contributed by atoms with Crippen molar-refractivity contribution in [3.63, 3.8) is 0 Å². The van der Waals surface area contributed by atoms with Crippen molar-refractivity contribution in [3.8, 4) is 0 Å². The summed E-state index contributed by atoms with van der Waals surface area (Å²) in [5.41, 5.74) is 0. The van der Waals surface area contributed by atoms with E-state index < -0.39 is 0 Å². The van der Waals surface area contributed by atoms with Crippen molar-refractivity contribution in [3.05, 3.63) is 0 Å². The summed E-state index contributed by atoms with van der Waals surface area (Å²) >= 11 is 2.13. The number of rotatable bonds is 6. The summed E-state index contributed by atoms with van der Waals surface area (Å²) in [4.78, 5) is 0. The van der Waals surface area contributed by atoms with Crippen LogP contribution in [0, 0.1) is 5.92 Å². The molecule has 1 aliphatic heterocycles. The van der Waals surface area contributed by atoms with Crippen molar-refractivity contribution in [2.24, 2.45) is 5.92 Å². The van der Waals surface area contributed by atoms with Crippen molar-refractivity contribution >= 4 is 11.8 Å². The van der Waals surface area contributed by atoms with Gasteiger partial charge in [0.25, 0.3) is 0 Å². The minimum atomic E-state index is 0.790. The van der Waals surface area contributed by atoms with E-state index in [-0.39, 0.29) is 0 Å². The summed E-state index contributed by atoms with van der Waals surface area (Å²) < 4.78 is 0. The van der Waals surface area contributed by atoms with Crippen molar-refractivity contribution in [1.29, 1.82) is 0 Å². The fourth-order valence-corrected chi connectivity index (χ4v) is 3.53. The minimum absolute atomic E-state index is 0.790. The third kappa shape index (κ3) is 4.70. The average Bonchev–Trinajstić information content (AvgIpc) is 2.20. The SMILES string of the molecule is CCCC(CC1CCSCC1)NCC. The van der Waals surface area contributed by atoms with E-state index in [4.69, 9.17) is 0 Å². The smallest absolute Gasteiger partial charge is 0.00694 e. The molecule has 1 nitrogen and oxygen atoms in total. The molecule has 0 aromatic rings. The van der Waals surface area contributed by atoms with E-state index >= 15 is 0 Å². The molecule has 0 radical (unpaired) electrons. The lowest BCUT2D eigenvalue weighted by Crippen LogP contribution is -2.31. The van der Waals surface area contributed by atoms with Crippen LogP contribution in [0.15, 0.2) is 0 Å². The molecule has 2 heteroatoms. The van der Waals surface area contributed by atoms with E-state index in [9.17, 15) is 0 Å². The van der Waals surface area contributed by atoms with Gasteiger partial charge in [-0.3, -0.25) is 0 Å². The van der Waals surface area contributed by atoms with Crippen molar-refractivity contribution in [2.75, 3.05) is 18.1 Å². The molecule has 1 rings (SSSR count). The highest BCUT2D eigenvalue weighted by Gasteiger charge is 2.17. The van der Waals surface area contributed by atoms with Crippen LogP contribution >= 0.6 is 11.8 Å². The molecule has 0 aliphatic carbocycles. The molecule has 0 bridgehead atoms. The largest absolute Gasteiger partial charge is 0.314 e. The maximum atomic E-state index is 3.62. The van der Waals surface area contributed by atoms with Gasteiger partial charge in [0.05, 0.1) is 0 Å². The Kier molecular flexibility index (Phi) is 6.70. The summed E-state index contributed by atoms with van der Waals surface area (Å²) in [6.45, 7) is 5.65. The van der Waals surface area contributed by atoms with E-state index in [1.165, 1.54) is 43.6 Å². The normalized spacial score (nSPS) is 21.0. The van der Waals surface area contributed by atoms with Gasteiger partial charge in [-0.05, 0) is 49.7 Å². The monoisotopic (exact) mass is 215 g/mol. The molecule has 0 aromatic heterocycles. The summed E-state index contributed by atoms with van der Waals surface area (Å²) in [5.74, 6) is 3.80. The maximum Gasteiger partial charge on any atom is 0.00694 e. The molecule has 1 unspecified atom stereocenters. The zero-order chi connectivity index (χ0) is 10.2. The quantitative estimate of drug-likeness (QED) is 0.729. The van der Waals surface area contributed by atoms with E-state index in [1.54, 1.807) is 0 Å². The zero-order valence-electron chi connectivity index (χ0n) is 9.72. The average molecular weight is 215 g/mol. The molecular weight excluding hydrogens is 190 g/mol. The number of hydrogen-bond acceptors (Lipinski definition) is 2. The second-order valence-electron chi connectivity index (χ2n) is 4.33. The Bertz CT molecular complexity index is 126. The van der Waals surface area contributed by atoms with Gasteiger partial charge in [-0.2, -0.15) is 11.8 Å². The molecule has 0 saturated carbocycles. The van der Waals surface area contributed by atoms with Crippen LogP contribution < -0.4 is 5.32 Å². The highest BCUT2D eigenvalue weighted by atomic mass is 32.2. The van der Waals surface area contributed by atoms with Gasteiger partial charge in [-0.25, -0.2) is 0 Å². The Labute approximate surface area is 93.4 Å². The van der Waals surface area contributed by atoms with Crippen molar-refractivity contribution in [2.45, 2.75) is 52.0 Å². The van der Waals surface area contributed by atoms with Crippen LogP contribution in [0.25, 0.3) is 0 Å². The van der Waals surface area contributed by atoms with Crippen LogP contribution in [0.2, 0.25) is 0 Å². The van der Waals surface area contributed by atoms with E-state index in [2.05, 4.69) is 30.9 Å². The van der Waals surface area contributed by atoms with Gasteiger partial charge in [-0.1, -0.05) is 20.3 Å². The zero-order valence-corrected chi connectivity index (χ0v) is 10.5. The molecule has 1 N–H and O–H groups in total. The number of thioether (sulfide) groups is 1. The lowest BCUT2D eigenvalue weighted by atomic mass is 9.92. The first kappa shape index (κ1) is 12.4. The molecule has 1 saturated heterocycles. The predicted octanol–water partition coefficient (Wildman–Crippen LogP) is 3.30. The first-order valence-electron chi connectivity index (χ1n) is 6.18. The van der Waals surface area contributed by atoms with Gasteiger partial charge < -0.3 is 5.32 Å². The highest BCUT2D eigenvalue weighted by molar-refractivity contribution is 7.99. The molecule has 1 heterocycles. The molecule has 1 atom stereocenters. The first-order valence-corrected chi connectivity index (χ1v) is 7.33. The van der Waals surface area contributed by atoms with E-state index in [0.29, 0.717) is 0 Å². The molecule has 14 heavy (non-hydrogen) atoms. The second kappa shape index (κ2) is 7.58. The Morgan fingerprint density at radius 3 is 2.57 bits per heavy atom. The van der Waals surface area contributed by atoms with Gasteiger partial charge in [0.2, 0.25) is 0 Å². The Morgan fingerprint density at radius 2 is 2.00 bits per heavy atom. The third-order valence-corrected chi connectivity index (χ3v) is 4.14. The Balaban J connectivity index is 2.21. The number of nitrogens with one attached hydrogen (secondary N) is 1. The standard InChI is InChI=1S/C12H25NS/c1-3-5-12(13-4-2)10-11-6-8-14-9-7-11/h11-13H,3-10H2,1-2H3. The van der Waals surface area contributed by atoms with E-state index in [0.717, 1.165) is 18.5 Å². The Hall–Kier alpha value is 0.310. The van der Waals surface area contributed by atoms with Crippen molar-refractivity contribution < 1.29 is 0 Å². The molecule has 0 aromatic carbocycles. The van der Waals surface area contributed by atoms with Gasteiger partial charge in [-0.15, -0.1) is 0 Å². The maximum absolute atomic E-state index is 3.62. The van der Waals surface area contributed by atoms with Gasteiger partial charge in [0.15, 0.2) is 0 Å². The van der Waals surface area contributed by atoms with Crippen LogP contribution in [0.3, 0.4) is 0 Å². The van der Waals surface area contributed by atoms with Crippen LogP contribution in [-0.4, -0.2) is 24.1 Å². The molecule has 84 valence electrons.